The third-order valence-electron chi connectivity index (χ3n) is 3.13. The van der Waals surface area contributed by atoms with Crippen molar-refractivity contribution in [2.75, 3.05) is 5.73 Å². The van der Waals surface area contributed by atoms with Gasteiger partial charge in [-0.1, -0.05) is 64.5 Å². The molecule has 3 nitrogen and oxygen atoms in total. The lowest BCUT2D eigenvalue weighted by molar-refractivity contribution is 0.687. The Hall–Kier alpha value is -2.07. The Labute approximate surface area is 126 Å². The van der Waals surface area contributed by atoms with Gasteiger partial charge in [-0.3, -0.25) is 4.68 Å². The molecule has 0 aliphatic carbocycles. The summed E-state index contributed by atoms with van der Waals surface area (Å²) in [6.45, 7) is 0.693. The molecular weight excluding hydrogens is 314 g/mol. The second-order valence-corrected chi connectivity index (χ2v) is 5.44. The maximum absolute atomic E-state index is 6.07. The minimum Gasteiger partial charge on any atom is -0.396 e. The van der Waals surface area contributed by atoms with Crippen LogP contribution in [0.1, 0.15) is 5.56 Å². The molecule has 0 saturated carbocycles. The van der Waals surface area contributed by atoms with Crippen molar-refractivity contribution in [3.05, 3.63) is 70.8 Å². The predicted molar refractivity (Wildman–Crippen MR) is 85.3 cm³/mol. The molecule has 0 amide bonds. The van der Waals surface area contributed by atoms with E-state index in [0.717, 1.165) is 15.7 Å². The van der Waals surface area contributed by atoms with Gasteiger partial charge in [-0.15, -0.1) is 0 Å². The van der Waals surface area contributed by atoms with Gasteiger partial charge in [-0.2, -0.15) is 5.10 Å². The minimum atomic E-state index is 0.693. The number of anilines is 1. The van der Waals surface area contributed by atoms with Crippen LogP contribution in [0.25, 0.3) is 11.3 Å². The number of nitrogens with two attached hydrogens (primary N) is 1. The number of nitrogen functional groups attached to an aromatic ring is 1. The average molecular weight is 328 g/mol. The van der Waals surface area contributed by atoms with Crippen molar-refractivity contribution in [2.24, 2.45) is 0 Å². The van der Waals surface area contributed by atoms with E-state index in [4.69, 9.17) is 5.73 Å². The van der Waals surface area contributed by atoms with Crippen molar-refractivity contribution < 1.29 is 0 Å². The van der Waals surface area contributed by atoms with Crippen LogP contribution in [0.4, 0.5) is 5.69 Å². The van der Waals surface area contributed by atoms with Gasteiger partial charge in [-0.05, 0) is 11.6 Å². The quantitative estimate of drug-likeness (QED) is 0.791. The summed E-state index contributed by atoms with van der Waals surface area (Å²) in [7, 11) is 0. The lowest BCUT2D eigenvalue weighted by atomic mass is 10.1. The molecule has 0 radical (unpaired) electrons. The van der Waals surface area contributed by atoms with Gasteiger partial charge in [0.25, 0.3) is 0 Å². The summed E-state index contributed by atoms with van der Waals surface area (Å²) >= 11 is 3.55. The molecule has 0 spiro atoms. The second kappa shape index (κ2) is 5.51. The van der Waals surface area contributed by atoms with Crippen LogP contribution in [0.2, 0.25) is 0 Å². The van der Waals surface area contributed by atoms with Crippen LogP contribution in [0.5, 0.6) is 0 Å². The zero-order valence-corrected chi connectivity index (χ0v) is 12.4. The maximum Gasteiger partial charge on any atom is 0.115 e. The van der Waals surface area contributed by atoms with Crippen molar-refractivity contribution in [3.63, 3.8) is 0 Å². The largest absolute Gasteiger partial charge is 0.396 e. The van der Waals surface area contributed by atoms with E-state index in [9.17, 15) is 0 Å². The van der Waals surface area contributed by atoms with Crippen LogP contribution >= 0.6 is 15.9 Å². The molecule has 0 aliphatic heterocycles. The van der Waals surface area contributed by atoms with Crippen LogP contribution in [0, 0.1) is 0 Å². The minimum absolute atomic E-state index is 0.693. The number of aromatic nitrogens is 2. The summed E-state index contributed by atoms with van der Waals surface area (Å²) in [4.78, 5) is 0. The lowest BCUT2D eigenvalue weighted by Gasteiger charge is -2.04. The molecule has 0 atom stereocenters. The van der Waals surface area contributed by atoms with Crippen LogP contribution < -0.4 is 5.73 Å². The number of rotatable bonds is 3. The van der Waals surface area contributed by atoms with Crippen molar-refractivity contribution in [2.45, 2.75) is 6.54 Å². The van der Waals surface area contributed by atoms with Crippen molar-refractivity contribution >= 4 is 21.6 Å². The average Bonchev–Trinajstić information content (AvgIpc) is 2.83. The molecule has 2 N–H and O–H groups in total. The van der Waals surface area contributed by atoms with Gasteiger partial charge in [0.05, 0.1) is 12.2 Å². The SMILES string of the molecule is Nc1cn(Cc2ccccc2Br)nc1-c1ccccc1. The van der Waals surface area contributed by atoms with Gasteiger partial charge in [0, 0.05) is 16.2 Å². The monoisotopic (exact) mass is 327 g/mol. The van der Waals surface area contributed by atoms with E-state index in [1.54, 1.807) is 0 Å². The standard InChI is InChI=1S/C16H14BrN3/c17-14-9-5-4-8-13(14)10-20-11-15(18)16(19-20)12-6-2-1-3-7-12/h1-9,11H,10,18H2. The van der Waals surface area contributed by atoms with Gasteiger partial charge < -0.3 is 5.73 Å². The Kier molecular flexibility index (Phi) is 3.56. The van der Waals surface area contributed by atoms with Crippen molar-refractivity contribution in [1.29, 1.82) is 0 Å². The molecule has 3 aromatic rings. The highest BCUT2D eigenvalue weighted by Crippen LogP contribution is 2.24. The van der Waals surface area contributed by atoms with E-state index in [-0.39, 0.29) is 0 Å². The highest BCUT2D eigenvalue weighted by Gasteiger charge is 2.09. The Morgan fingerprint density at radius 1 is 1.00 bits per heavy atom. The highest BCUT2D eigenvalue weighted by molar-refractivity contribution is 9.10. The van der Waals surface area contributed by atoms with Crippen molar-refractivity contribution in [3.8, 4) is 11.3 Å². The normalized spacial score (nSPS) is 10.7. The first kappa shape index (κ1) is 12.9. The molecular formula is C16H14BrN3. The van der Waals surface area contributed by atoms with Crippen LogP contribution in [0.3, 0.4) is 0 Å². The molecule has 1 heterocycles. The number of halogens is 1. The molecule has 100 valence electrons. The third-order valence-corrected chi connectivity index (χ3v) is 3.90. The van der Waals surface area contributed by atoms with Gasteiger partial charge in [0.2, 0.25) is 0 Å². The fraction of sp³-hybridized carbons (Fsp3) is 0.0625. The van der Waals surface area contributed by atoms with Crippen LogP contribution in [-0.2, 0) is 6.54 Å². The molecule has 4 heteroatoms. The fourth-order valence-electron chi connectivity index (χ4n) is 2.14. The van der Waals surface area contributed by atoms with E-state index >= 15 is 0 Å². The Morgan fingerprint density at radius 2 is 1.70 bits per heavy atom. The second-order valence-electron chi connectivity index (χ2n) is 4.59. The molecule has 0 saturated heterocycles. The molecule has 0 bridgehead atoms. The summed E-state index contributed by atoms with van der Waals surface area (Å²) in [6, 6.07) is 18.1. The van der Waals surface area contributed by atoms with E-state index in [1.807, 2.05) is 59.4 Å². The number of hydrogen-bond donors (Lipinski definition) is 1. The highest BCUT2D eigenvalue weighted by atomic mass is 79.9. The predicted octanol–water partition coefficient (Wildman–Crippen LogP) is 3.94. The van der Waals surface area contributed by atoms with E-state index in [0.29, 0.717) is 12.2 Å². The first-order valence-corrected chi connectivity index (χ1v) is 7.15. The number of nitrogens with zero attached hydrogens (tertiary/aromatic N) is 2. The third kappa shape index (κ3) is 2.60. The van der Waals surface area contributed by atoms with Gasteiger partial charge in [-0.25, -0.2) is 0 Å². The van der Waals surface area contributed by atoms with Crippen LogP contribution in [-0.4, -0.2) is 9.78 Å². The van der Waals surface area contributed by atoms with Gasteiger partial charge >= 0.3 is 0 Å². The zero-order valence-electron chi connectivity index (χ0n) is 10.8. The van der Waals surface area contributed by atoms with Gasteiger partial charge in [0.1, 0.15) is 5.69 Å². The lowest BCUT2D eigenvalue weighted by Crippen LogP contribution is -2.01. The summed E-state index contributed by atoms with van der Waals surface area (Å²) in [6.07, 6.45) is 1.88. The van der Waals surface area contributed by atoms with Crippen LogP contribution in [0.15, 0.2) is 65.3 Å². The summed E-state index contributed by atoms with van der Waals surface area (Å²) < 4.78 is 2.95. The molecule has 1 aromatic heterocycles. The Morgan fingerprint density at radius 3 is 2.45 bits per heavy atom. The molecule has 3 rings (SSSR count). The van der Waals surface area contributed by atoms with E-state index in [2.05, 4.69) is 27.1 Å². The smallest absolute Gasteiger partial charge is 0.115 e. The zero-order chi connectivity index (χ0) is 13.9. The Balaban J connectivity index is 1.92. The Bertz CT molecular complexity index is 720. The summed E-state index contributed by atoms with van der Waals surface area (Å²) in [5.74, 6) is 0. The first-order valence-electron chi connectivity index (χ1n) is 6.36. The molecule has 0 unspecified atom stereocenters. The molecule has 0 fully saturated rings. The molecule has 2 aromatic carbocycles. The fourth-order valence-corrected chi connectivity index (χ4v) is 2.55. The first-order chi connectivity index (χ1) is 9.74. The molecule has 0 aliphatic rings. The van der Waals surface area contributed by atoms with E-state index in [1.165, 1.54) is 5.56 Å². The van der Waals surface area contributed by atoms with E-state index < -0.39 is 0 Å². The topological polar surface area (TPSA) is 43.8 Å². The van der Waals surface area contributed by atoms with Gasteiger partial charge in [0.15, 0.2) is 0 Å². The number of hydrogen-bond acceptors (Lipinski definition) is 2. The molecule has 20 heavy (non-hydrogen) atoms. The summed E-state index contributed by atoms with van der Waals surface area (Å²) in [5, 5.41) is 4.59. The maximum atomic E-state index is 6.07. The van der Waals surface area contributed by atoms with Crippen molar-refractivity contribution in [1.82, 2.24) is 9.78 Å². The number of benzene rings is 2. The summed E-state index contributed by atoms with van der Waals surface area (Å²) in [5.41, 5.74) is 9.81.